The van der Waals surface area contributed by atoms with E-state index in [1.54, 1.807) is 0 Å². The molecule has 0 radical (unpaired) electrons. The summed E-state index contributed by atoms with van der Waals surface area (Å²) in [5.41, 5.74) is 10.7. The van der Waals surface area contributed by atoms with Crippen molar-refractivity contribution >= 4 is 66.7 Å². The van der Waals surface area contributed by atoms with Gasteiger partial charge in [-0.25, -0.2) is 15.0 Å². The van der Waals surface area contributed by atoms with Crippen molar-refractivity contribution in [2.24, 2.45) is 0 Å². The van der Waals surface area contributed by atoms with E-state index in [0.717, 1.165) is 44.5 Å². The Labute approximate surface area is 294 Å². The van der Waals surface area contributed by atoms with E-state index in [1.807, 2.05) is 66.7 Å². The van der Waals surface area contributed by atoms with Gasteiger partial charge in [0, 0.05) is 49.3 Å². The Bertz CT molecular complexity index is 2910. The van der Waals surface area contributed by atoms with Crippen molar-refractivity contribution in [3.63, 3.8) is 0 Å². The topological polar surface area (TPSA) is 48.0 Å². The number of nitrogens with zero attached hydrogens (tertiary/aromatic N) is 5. The third-order valence-electron chi connectivity index (χ3n) is 10.0. The zero-order chi connectivity index (χ0) is 34.1. The fourth-order valence-corrected chi connectivity index (χ4v) is 7.73. The highest BCUT2D eigenvalue weighted by atomic mass is 15.0. The smallest absolute Gasteiger partial charge is 0.164 e. The summed E-state index contributed by atoms with van der Waals surface area (Å²) in [4.78, 5) is 15.0. The number of aromatic nitrogens is 5. The van der Waals surface area contributed by atoms with Crippen molar-refractivity contribution in [1.82, 2.24) is 23.9 Å². The van der Waals surface area contributed by atoms with Crippen molar-refractivity contribution in [3.05, 3.63) is 169 Å². The van der Waals surface area contributed by atoms with Gasteiger partial charge in [-0.3, -0.25) is 0 Å². The van der Waals surface area contributed by atoms with E-state index in [-0.39, 0.29) is 0 Å². The highest BCUT2D eigenvalue weighted by molar-refractivity contribution is 6.25. The molecule has 51 heavy (non-hydrogen) atoms. The molecule has 6 aromatic carbocycles. The van der Waals surface area contributed by atoms with Crippen molar-refractivity contribution < 1.29 is 0 Å². The van der Waals surface area contributed by atoms with Crippen molar-refractivity contribution in [1.29, 1.82) is 0 Å². The lowest BCUT2D eigenvalue weighted by molar-refractivity contribution is 1.03. The third kappa shape index (κ3) is 4.45. The number of rotatable bonds is 6. The Morgan fingerprint density at radius 3 is 1.78 bits per heavy atom. The first kappa shape index (κ1) is 29.1. The molecule has 0 amide bonds. The molecule has 0 bridgehead atoms. The third-order valence-corrected chi connectivity index (χ3v) is 10.0. The van der Waals surface area contributed by atoms with Crippen LogP contribution >= 0.6 is 0 Å². The molecule has 4 heterocycles. The number of allylic oxidation sites excluding steroid dienone is 1. The van der Waals surface area contributed by atoms with Crippen LogP contribution in [-0.4, -0.2) is 23.9 Å². The van der Waals surface area contributed by atoms with Crippen LogP contribution in [0.5, 0.6) is 0 Å². The van der Waals surface area contributed by atoms with Gasteiger partial charge in [-0.1, -0.05) is 122 Å². The molecule has 10 aromatic rings. The Balaban J connectivity index is 1.28. The second kappa shape index (κ2) is 11.4. The van der Waals surface area contributed by atoms with Crippen LogP contribution in [-0.2, 0) is 0 Å². The lowest BCUT2D eigenvalue weighted by Gasteiger charge is -2.10. The van der Waals surface area contributed by atoms with E-state index < -0.39 is 0 Å². The highest BCUT2D eigenvalue weighted by Crippen LogP contribution is 2.43. The van der Waals surface area contributed by atoms with Crippen LogP contribution in [0.3, 0.4) is 0 Å². The van der Waals surface area contributed by atoms with Gasteiger partial charge in [0.05, 0.1) is 27.8 Å². The summed E-state index contributed by atoms with van der Waals surface area (Å²) >= 11 is 0. The molecule has 0 spiro atoms. The van der Waals surface area contributed by atoms with Gasteiger partial charge in [-0.15, -0.1) is 0 Å². The summed E-state index contributed by atoms with van der Waals surface area (Å²) in [7, 11) is 0. The molecule has 5 nitrogen and oxygen atoms in total. The van der Waals surface area contributed by atoms with E-state index in [2.05, 4.69) is 113 Å². The lowest BCUT2D eigenvalue weighted by Crippen LogP contribution is -2.02. The van der Waals surface area contributed by atoms with Crippen LogP contribution in [0.15, 0.2) is 152 Å². The van der Waals surface area contributed by atoms with E-state index in [9.17, 15) is 0 Å². The monoisotopic (exact) mass is 653 g/mol. The zero-order valence-electron chi connectivity index (χ0n) is 28.0. The maximum Gasteiger partial charge on any atom is 0.164 e. The molecule has 0 unspecified atom stereocenters. The van der Waals surface area contributed by atoms with E-state index in [1.165, 1.54) is 38.1 Å². The lowest BCUT2D eigenvalue weighted by atomic mass is 10.0. The Kier molecular flexibility index (Phi) is 6.48. The van der Waals surface area contributed by atoms with Gasteiger partial charge in [-0.05, 0) is 55.0 Å². The molecular weight excluding hydrogens is 623 g/mol. The average molecular weight is 654 g/mol. The van der Waals surface area contributed by atoms with Crippen LogP contribution in [0.2, 0.25) is 0 Å². The molecule has 0 saturated carbocycles. The van der Waals surface area contributed by atoms with Gasteiger partial charge < -0.3 is 8.97 Å². The van der Waals surface area contributed by atoms with Gasteiger partial charge in [-0.2, -0.15) is 0 Å². The Morgan fingerprint density at radius 2 is 1.12 bits per heavy atom. The highest BCUT2D eigenvalue weighted by Gasteiger charge is 2.22. The minimum absolute atomic E-state index is 0.630. The van der Waals surface area contributed by atoms with Crippen molar-refractivity contribution in [2.45, 2.75) is 6.92 Å². The summed E-state index contributed by atoms with van der Waals surface area (Å²) in [6, 6.07) is 50.8. The minimum atomic E-state index is 0.630. The molecule has 240 valence electrons. The van der Waals surface area contributed by atoms with E-state index in [0.29, 0.717) is 17.5 Å². The van der Waals surface area contributed by atoms with E-state index >= 15 is 0 Å². The number of para-hydroxylation sites is 3. The van der Waals surface area contributed by atoms with Crippen LogP contribution in [0.4, 0.5) is 0 Å². The predicted molar refractivity (Wildman–Crippen MR) is 212 cm³/mol. The molecule has 0 aliphatic heterocycles. The second-order valence-corrected chi connectivity index (χ2v) is 13.0. The molecule has 0 aliphatic rings. The maximum atomic E-state index is 5.04. The molecule has 0 atom stereocenters. The first-order valence-electron chi connectivity index (χ1n) is 17.2. The zero-order valence-corrected chi connectivity index (χ0v) is 28.0. The molecular formula is C46H31N5. The largest absolute Gasteiger partial charge is 0.309 e. The fraction of sp³-hybridized carbons (Fsp3) is 0.0217. The summed E-state index contributed by atoms with van der Waals surface area (Å²) in [5, 5.41) is 6.15. The second-order valence-electron chi connectivity index (χ2n) is 13.0. The SMILES string of the molecule is C=Cc1c(/C=C(\C)c2nc(-c3ccccc3)nc(-c3ccccc3)n2)c2cc3c(cc2n1-c1ccccc1)c1cccc2c4ccccc4n3c21. The quantitative estimate of drug-likeness (QED) is 0.179. The molecule has 10 rings (SSSR count). The number of fused-ring (bicyclic) bond motifs is 7. The van der Waals surface area contributed by atoms with Crippen molar-refractivity contribution in [3.8, 4) is 28.5 Å². The van der Waals surface area contributed by atoms with Crippen LogP contribution in [0.25, 0.3) is 95.2 Å². The maximum absolute atomic E-state index is 5.04. The van der Waals surface area contributed by atoms with Crippen molar-refractivity contribution in [2.75, 3.05) is 0 Å². The predicted octanol–water partition coefficient (Wildman–Crippen LogP) is 11.5. The number of benzene rings is 6. The van der Waals surface area contributed by atoms with Gasteiger partial charge in [0.1, 0.15) is 0 Å². The van der Waals surface area contributed by atoms with Gasteiger partial charge in [0.2, 0.25) is 0 Å². The molecule has 0 fully saturated rings. The van der Waals surface area contributed by atoms with Crippen LogP contribution < -0.4 is 0 Å². The average Bonchev–Trinajstić information content (AvgIpc) is 3.82. The Hall–Kier alpha value is -6.85. The molecule has 5 heteroatoms. The summed E-state index contributed by atoms with van der Waals surface area (Å²) in [5.74, 6) is 1.91. The van der Waals surface area contributed by atoms with Gasteiger partial charge in [0.15, 0.2) is 17.5 Å². The van der Waals surface area contributed by atoms with Gasteiger partial charge in [0.25, 0.3) is 0 Å². The molecule has 0 saturated heterocycles. The standard InChI is InChI=1S/C46H31N5/c1-3-39-36(26-29(2)44-47-45(30-16-7-4-8-17-30)49-46(48-44)31-18-9-5-10-19-31)38-28-42-37(27-41(38)50(39)32-20-11-6-12-21-32)35-24-15-23-34-33-22-13-14-25-40(33)51(42)43(34)35/h3-28H,1H2,2H3/b29-26+. The fourth-order valence-electron chi connectivity index (χ4n) is 7.73. The Morgan fingerprint density at radius 1 is 0.549 bits per heavy atom. The summed E-state index contributed by atoms with van der Waals surface area (Å²) in [6.07, 6.45) is 4.18. The minimum Gasteiger partial charge on any atom is -0.309 e. The molecule has 0 N–H and O–H groups in total. The van der Waals surface area contributed by atoms with Gasteiger partial charge >= 0.3 is 0 Å². The number of hydrogen-bond acceptors (Lipinski definition) is 3. The van der Waals surface area contributed by atoms with E-state index in [4.69, 9.17) is 15.0 Å². The molecule has 4 aromatic heterocycles. The molecule has 0 aliphatic carbocycles. The normalized spacial score (nSPS) is 12.2. The summed E-state index contributed by atoms with van der Waals surface area (Å²) < 4.78 is 4.76. The van der Waals surface area contributed by atoms with Crippen LogP contribution in [0.1, 0.15) is 24.0 Å². The first-order valence-corrected chi connectivity index (χ1v) is 17.2. The first-order chi connectivity index (χ1) is 25.2. The number of hydrogen-bond donors (Lipinski definition) is 0. The van der Waals surface area contributed by atoms with Crippen LogP contribution in [0, 0.1) is 0 Å². The summed E-state index contributed by atoms with van der Waals surface area (Å²) in [6.45, 7) is 6.43.